The Kier molecular flexibility index (Phi) is 34.7. The summed E-state index contributed by atoms with van der Waals surface area (Å²) in [6.45, 7) is 49.1. The van der Waals surface area contributed by atoms with Crippen LogP contribution in [-0.4, -0.2) is 67.7 Å². The number of aromatic nitrogens is 11. The summed E-state index contributed by atoms with van der Waals surface area (Å²) in [6.07, 6.45) is 18.9. The lowest BCUT2D eigenvalue weighted by molar-refractivity contribution is 0.151. The van der Waals surface area contributed by atoms with Crippen molar-refractivity contribution in [2.24, 2.45) is 27.1 Å². The molecule has 0 radical (unpaired) electrons. The topological polar surface area (TPSA) is 130 Å². The molecule has 14 heteroatoms. The number of aromatic amines is 1. The summed E-state index contributed by atoms with van der Waals surface area (Å²) < 4.78 is 24.3. The number of H-pyrrole nitrogens is 1. The minimum Gasteiger partial charge on any atom is -0.377 e. The van der Waals surface area contributed by atoms with Gasteiger partial charge < -0.3 is 4.74 Å². The third-order valence-electron chi connectivity index (χ3n) is 15.1. The van der Waals surface area contributed by atoms with Crippen LogP contribution in [0.1, 0.15) is 245 Å². The Labute approximate surface area is 558 Å². The summed E-state index contributed by atoms with van der Waals surface area (Å²) in [5.41, 5.74) is 17.7. The highest BCUT2D eigenvalue weighted by molar-refractivity contribution is 7.18. The molecule has 0 fully saturated rings. The maximum absolute atomic E-state index is 12.4. The number of benzene rings is 3. The highest BCUT2D eigenvalue weighted by Gasteiger charge is 2.08. The number of nitrogens with one attached hydrogen (secondary N) is 1. The fourth-order valence-corrected chi connectivity index (χ4v) is 9.91. The predicted octanol–water partition coefficient (Wildman–Crippen LogP) is 21.3. The molecule has 1 aliphatic rings. The third kappa shape index (κ3) is 29.9. The maximum atomic E-state index is 12.4. The zero-order valence-electron chi connectivity index (χ0n) is 60.8. The lowest BCUT2D eigenvalue weighted by Gasteiger charge is -2.15. The highest BCUT2D eigenvalue weighted by Crippen LogP contribution is 2.26. The molecule has 0 saturated heterocycles. The predicted molar refractivity (Wildman–Crippen MR) is 390 cm³/mol. The van der Waals surface area contributed by atoms with Crippen LogP contribution >= 0.6 is 11.3 Å². The van der Waals surface area contributed by atoms with Crippen LogP contribution in [0.5, 0.6) is 0 Å². The van der Waals surface area contributed by atoms with Crippen molar-refractivity contribution in [3.63, 3.8) is 0 Å². The molecule has 0 spiro atoms. The maximum Gasteiger partial charge on any atom is 0.123 e. The molecule has 500 valence electrons. The molecular formula is C78H114FN11OS. The van der Waals surface area contributed by atoms with Crippen LogP contribution in [0.15, 0.2) is 146 Å². The van der Waals surface area contributed by atoms with E-state index in [4.69, 9.17) is 4.74 Å². The number of rotatable bonds is 9. The number of thiazole rings is 1. The normalized spacial score (nSPS) is 11.7. The number of nitrogens with zero attached hydrogens (tertiary/aromatic N) is 10. The number of halogens is 1. The van der Waals surface area contributed by atoms with E-state index in [9.17, 15) is 4.39 Å². The van der Waals surface area contributed by atoms with Gasteiger partial charge in [-0.3, -0.25) is 29.1 Å². The van der Waals surface area contributed by atoms with Crippen molar-refractivity contribution in [2.45, 2.75) is 206 Å². The van der Waals surface area contributed by atoms with Gasteiger partial charge in [-0.25, -0.2) is 9.37 Å². The summed E-state index contributed by atoms with van der Waals surface area (Å²) >= 11 is 1.77. The molecule has 0 amide bonds. The standard InChI is InChI=1S/C11H14N2.C11H13NS.C10H15N.C9H11F.C9H13N.C8H14O.2C7H12N2.C6H10N2/c1-8(2)9-4-5-11-10(6-9)7-13(3)12-11;1-7(2)9-4-5-10-11(6-9)13-8(3)12-10;1-7(2)10-5-8(3)11-9(4)6-10;1-7(2)8-3-5-9(10)6-4-8;1-7(2)9-4-5-10-8(3)6-9;1-7(2)8-3-5-9-6-4-8;2*1-6(2)7-4-8-9(3)5-7;1-5(2)6-3-7-8-4-6/h4-8H,1-3H3;4-7H,1-3H3;5-7H,1-4H3;3-7H,1-2H3;4-7H,1-3H3;3,7H,4-6H2,1-2H3;2*4-6H,1-3H3;3-5H,1-2H3,(H,7,8). The van der Waals surface area contributed by atoms with Gasteiger partial charge in [0, 0.05) is 74.6 Å². The van der Waals surface area contributed by atoms with Gasteiger partial charge in [-0.2, -0.15) is 20.4 Å². The largest absolute Gasteiger partial charge is 0.377 e. The number of ether oxygens (including phenoxy) is 1. The molecule has 3 aromatic carbocycles. The average molecular weight is 1270 g/mol. The van der Waals surface area contributed by atoms with Crippen LogP contribution < -0.4 is 0 Å². The quantitative estimate of drug-likeness (QED) is 0.141. The fourth-order valence-electron chi connectivity index (χ4n) is 9.04. The van der Waals surface area contributed by atoms with E-state index in [1.165, 1.54) is 66.7 Å². The summed E-state index contributed by atoms with van der Waals surface area (Å²) in [5, 5.41) is 21.4. The van der Waals surface area contributed by atoms with Gasteiger partial charge in [0.2, 0.25) is 0 Å². The highest BCUT2D eigenvalue weighted by atomic mass is 32.1. The SMILES string of the molecule is CC(C)C1=CCOCC1.CC(C)c1ccc(F)cc1.CC(C)c1ccc2nn(C)cc2c1.CC(C)c1cn[nH]c1.CC(C)c1cnn(C)c1.CC(C)c1cnn(C)c1.Cc1cc(C(C)C)cc(C)n1.Cc1cc(C(C)C)ccn1.Cc1nc2ccc(C(C)C)cc2s1. The molecule has 0 unspecified atom stereocenters. The van der Waals surface area contributed by atoms with Crippen LogP contribution in [0.4, 0.5) is 4.39 Å². The van der Waals surface area contributed by atoms with Crippen molar-refractivity contribution < 1.29 is 9.13 Å². The Morgan fingerprint density at radius 1 is 0.467 bits per heavy atom. The van der Waals surface area contributed by atoms with Gasteiger partial charge in [0.25, 0.3) is 0 Å². The molecule has 92 heavy (non-hydrogen) atoms. The van der Waals surface area contributed by atoms with Crippen LogP contribution in [0.25, 0.3) is 21.1 Å². The van der Waals surface area contributed by atoms with Crippen molar-refractivity contribution in [3.8, 4) is 0 Å². The summed E-state index contributed by atoms with van der Waals surface area (Å²) in [7, 11) is 5.83. The Hall–Kier alpha value is -7.42. The van der Waals surface area contributed by atoms with Crippen molar-refractivity contribution >= 4 is 32.5 Å². The van der Waals surface area contributed by atoms with Gasteiger partial charge in [-0.1, -0.05) is 161 Å². The summed E-state index contributed by atoms with van der Waals surface area (Å²) in [6, 6.07) is 28.1. The number of aryl methyl sites for hydroxylation is 7. The van der Waals surface area contributed by atoms with E-state index >= 15 is 0 Å². The first-order valence-corrected chi connectivity index (χ1v) is 33.8. The van der Waals surface area contributed by atoms with Crippen LogP contribution in [0, 0.1) is 39.4 Å². The molecule has 10 aromatic rings. The minimum absolute atomic E-state index is 0.163. The molecule has 1 aliphatic heterocycles. The summed E-state index contributed by atoms with van der Waals surface area (Å²) in [4.78, 5) is 12.9. The van der Waals surface area contributed by atoms with Crippen LogP contribution in [0.3, 0.4) is 0 Å². The number of hydrogen-bond acceptors (Lipinski definition) is 9. The first kappa shape index (κ1) is 78.8. The Bertz CT molecular complexity index is 3500. The van der Waals surface area contributed by atoms with Gasteiger partial charge >= 0.3 is 0 Å². The Morgan fingerprint density at radius 2 is 0.946 bits per heavy atom. The van der Waals surface area contributed by atoms with Crippen LogP contribution in [0.2, 0.25) is 0 Å². The van der Waals surface area contributed by atoms with E-state index < -0.39 is 0 Å². The number of hydrogen-bond donors (Lipinski definition) is 1. The van der Waals surface area contributed by atoms with E-state index in [-0.39, 0.29) is 5.82 Å². The monoisotopic (exact) mass is 1270 g/mol. The lowest BCUT2D eigenvalue weighted by atomic mass is 9.99. The Morgan fingerprint density at radius 3 is 1.34 bits per heavy atom. The van der Waals surface area contributed by atoms with Gasteiger partial charge in [-0.05, 0) is 193 Å². The first-order valence-electron chi connectivity index (χ1n) is 33.0. The third-order valence-corrected chi connectivity index (χ3v) is 16.0. The smallest absolute Gasteiger partial charge is 0.123 e. The van der Waals surface area contributed by atoms with E-state index in [0.29, 0.717) is 53.3 Å². The molecule has 11 rings (SSSR count). The molecule has 0 saturated carbocycles. The summed E-state index contributed by atoms with van der Waals surface area (Å²) in [5.74, 6) is 5.23. The van der Waals surface area contributed by atoms with E-state index in [1.54, 1.807) is 16.9 Å². The molecule has 8 heterocycles. The zero-order chi connectivity index (χ0) is 68.8. The number of fused-ring (bicyclic) bond motifs is 2. The minimum atomic E-state index is -0.163. The van der Waals surface area contributed by atoms with E-state index in [2.05, 4.69) is 245 Å². The molecule has 0 aliphatic carbocycles. The lowest BCUT2D eigenvalue weighted by Crippen LogP contribution is -2.07. The Balaban J connectivity index is 0.000000271. The number of pyridine rings is 2. The molecular weight excluding hydrogens is 1160 g/mol. The van der Waals surface area contributed by atoms with Crippen molar-refractivity contribution in [1.29, 1.82) is 0 Å². The second-order valence-electron chi connectivity index (χ2n) is 26.5. The zero-order valence-corrected chi connectivity index (χ0v) is 61.6. The molecule has 7 aromatic heterocycles. The molecule has 1 N–H and O–H groups in total. The molecule has 12 nitrogen and oxygen atoms in total. The van der Waals surface area contributed by atoms with Gasteiger partial charge in [-0.15, -0.1) is 11.3 Å². The van der Waals surface area contributed by atoms with Crippen LogP contribution in [-0.2, 0) is 25.9 Å². The van der Waals surface area contributed by atoms with Gasteiger partial charge in [0.15, 0.2) is 0 Å². The molecule has 0 bridgehead atoms. The van der Waals surface area contributed by atoms with Gasteiger partial charge in [0.1, 0.15) is 5.82 Å². The first-order chi connectivity index (χ1) is 43.3. The van der Waals surface area contributed by atoms with E-state index in [1.807, 2.05) is 111 Å². The molecule has 0 atom stereocenters. The van der Waals surface area contributed by atoms with Crippen molar-refractivity contribution in [2.75, 3.05) is 13.2 Å². The van der Waals surface area contributed by atoms with Gasteiger partial charge in [0.05, 0.1) is 52.5 Å². The van der Waals surface area contributed by atoms with E-state index in [0.717, 1.165) is 52.8 Å². The fraction of sp³-hybridized carbons (Fsp3) is 0.474. The van der Waals surface area contributed by atoms with Crippen molar-refractivity contribution in [3.05, 3.63) is 219 Å². The second-order valence-corrected chi connectivity index (χ2v) is 27.7. The van der Waals surface area contributed by atoms with Crippen molar-refractivity contribution in [1.82, 2.24) is 54.5 Å². The second kappa shape index (κ2) is 40.5. The average Bonchev–Trinajstić information content (AvgIpc) is 1.71.